The Balaban J connectivity index is 2.12. The standard InChI is InChI=1S/C14H21N3/c1-17(2)11-8-13(14-15-9-10-16-14)12-6-4-3-5-7-12/h3-7,13H,8-11H2,1-2H3,(H,15,16). The van der Waals surface area contributed by atoms with Gasteiger partial charge in [-0.15, -0.1) is 0 Å². The SMILES string of the molecule is CN(C)CCC(C1=NCCN1)c1ccccc1. The van der Waals surface area contributed by atoms with E-state index >= 15 is 0 Å². The first-order valence-electron chi connectivity index (χ1n) is 6.25. The molecule has 3 nitrogen and oxygen atoms in total. The first-order chi connectivity index (χ1) is 8.27. The molecular weight excluding hydrogens is 210 g/mol. The topological polar surface area (TPSA) is 27.6 Å². The van der Waals surface area contributed by atoms with E-state index in [1.54, 1.807) is 0 Å². The fourth-order valence-electron chi connectivity index (χ4n) is 2.18. The van der Waals surface area contributed by atoms with Gasteiger partial charge in [0.15, 0.2) is 0 Å². The highest BCUT2D eigenvalue weighted by atomic mass is 15.1. The maximum Gasteiger partial charge on any atom is 0.104 e. The zero-order valence-corrected chi connectivity index (χ0v) is 10.7. The summed E-state index contributed by atoms with van der Waals surface area (Å²) >= 11 is 0. The Morgan fingerprint density at radius 2 is 2.06 bits per heavy atom. The molecule has 92 valence electrons. The molecule has 0 saturated heterocycles. The number of aliphatic imine (C=N–C) groups is 1. The molecule has 1 aromatic rings. The number of benzene rings is 1. The van der Waals surface area contributed by atoms with Gasteiger partial charge in [-0.05, 0) is 32.6 Å². The molecule has 0 amide bonds. The smallest absolute Gasteiger partial charge is 0.104 e. The third-order valence-electron chi connectivity index (χ3n) is 3.10. The number of nitrogens with one attached hydrogen (secondary N) is 1. The molecule has 1 unspecified atom stereocenters. The summed E-state index contributed by atoms with van der Waals surface area (Å²) in [7, 11) is 4.23. The number of nitrogens with zero attached hydrogens (tertiary/aromatic N) is 2. The Hall–Kier alpha value is -1.35. The van der Waals surface area contributed by atoms with E-state index in [0.29, 0.717) is 5.92 Å². The van der Waals surface area contributed by atoms with Gasteiger partial charge in [0, 0.05) is 12.5 Å². The van der Waals surface area contributed by atoms with Gasteiger partial charge in [0.05, 0.1) is 6.54 Å². The van der Waals surface area contributed by atoms with Crippen molar-refractivity contribution < 1.29 is 0 Å². The second-order valence-corrected chi connectivity index (χ2v) is 4.75. The van der Waals surface area contributed by atoms with Crippen LogP contribution in [-0.4, -0.2) is 44.5 Å². The molecular formula is C14H21N3. The van der Waals surface area contributed by atoms with Crippen molar-refractivity contribution >= 4 is 5.84 Å². The summed E-state index contributed by atoms with van der Waals surface area (Å²) in [5, 5.41) is 3.41. The molecule has 0 aromatic heterocycles. The summed E-state index contributed by atoms with van der Waals surface area (Å²) in [6.45, 7) is 2.99. The van der Waals surface area contributed by atoms with E-state index < -0.39 is 0 Å². The minimum atomic E-state index is 0.418. The van der Waals surface area contributed by atoms with E-state index in [9.17, 15) is 0 Å². The van der Waals surface area contributed by atoms with Crippen LogP contribution in [0.5, 0.6) is 0 Å². The highest BCUT2D eigenvalue weighted by molar-refractivity contribution is 5.90. The van der Waals surface area contributed by atoms with Gasteiger partial charge in [-0.2, -0.15) is 0 Å². The summed E-state index contributed by atoms with van der Waals surface area (Å²) in [4.78, 5) is 6.81. The molecule has 17 heavy (non-hydrogen) atoms. The molecule has 0 fully saturated rings. The van der Waals surface area contributed by atoms with Crippen LogP contribution in [-0.2, 0) is 0 Å². The average molecular weight is 231 g/mol. The molecule has 0 radical (unpaired) electrons. The molecule has 1 heterocycles. The molecule has 1 aliphatic rings. The van der Waals surface area contributed by atoms with E-state index in [0.717, 1.165) is 31.9 Å². The minimum absolute atomic E-state index is 0.418. The molecule has 1 aromatic carbocycles. The normalized spacial score (nSPS) is 16.8. The van der Waals surface area contributed by atoms with Crippen LogP contribution in [0.4, 0.5) is 0 Å². The molecule has 0 bridgehead atoms. The Morgan fingerprint density at radius 3 is 2.65 bits per heavy atom. The lowest BCUT2D eigenvalue weighted by Crippen LogP contribution is -2.28. The molecule has 1 N–H and O–H groups in total. The Kier molecular flexibility index (Phi) is 4.15. The zero-order chi connectivity index (χ0) is 12.1. The largest absolute Gasteiger partial charge is 0.371 e. The minimum Gasteiger partial charge on any atom is -0.371 e. The zero-order valence-electron chi connectivity index (χ0n) is 10.7. The molecule has 3 heteroatoms. The number of hydrogen-bond donors (Lipinski definition) is 1. The van der Waals surface area contributed by atoms with Crippen molar-refractivity contribution in [1.82, 2.24) is 10.2 Å². The lowest BCUT2D eigenvalue weighted by Gasteiger charge is -2.20. The average Bonchev–Trinajstić information content (AvgIpc) is 2.84. The Labute approximate surface area is 104 Å². The Morgan fingerprint density at radius 1 is 1.29 bits per heavy atom. The van der Waals surface area contributed by atoms with E-state index in [-0.39, 0.29) is 0 Å². The van der Waals surface area contributed by atoms with Gasteiger partial charge in [0.25, 0.3) is 0 Å². The number of amidine groups is 1. The highest BCUT2D eigenvalue weighted by Crippen LogP contribution is 2.21. The summed E-state index contributed by atoms with van der Waals surface area (Å²) in [5.41, 5.74) is 1.36. The molecule has 0 aliphatic carbocycles. The van der Waals surface area contributed by atoms with E-state index in [1.165, 1.54) is 5.56 Å². The molecule has 0 saturated carbocycles. The maximum absolute atomic E-state index is 4.58. The van der Waals surface area contributed by atoms with Crippen LogP contribution in [0.3, 0.4) is 0 Å². The second kappa shape index (κ2) is 5.82. The monoisotopic (exact) mass is 231 g/mol. The van der Waals surface area contributed by atoms with Crippen LogP contribution >= 0.6 is 0 Å². The van der Waals surface area contributed by atoms with Crippen molar-refractivity contribution in [2.45, 2.75) is 12.3 Å². The van der Waals surface area contributed by atoms with Crippen molar-refractivity contribution in [2.75, 3.05) is 33.7 Å². The van der Waals surface area contributed by atoms with Gasteiger partial charge in [0.2, 0.25) is 0 Å². The highest BCUT2D eigenvalue weighted by Gasteiger charge is 2.20. The number of hydrogen-bond acceptors (Lipinski definition) is 3. The lowest BCUT2D eigenvalue weighted by molar-refractivity contribution is 0.394. The molecule has 1 aliphatic heterocycles. The third kappa shape index (κ3) is 3.30. The fourth-order valence-corrected chi connectivity index (χ4v) is 2.18. The van der Waals surface area contributed by atoms with Crippen LogP contribution in [0.2, 0.25) is 0 Å². The van der Waals surface area contributed by atoms with Crippen molar-refractivity contribution in [2.24, 2.45) is 4.99 Å². The second-order valence-electron chi connectivity index (χ2n) is 4.75. The van der Waals surface area contributed by atoms with Gasteiger partial charge >= 0.3 is 0 Å². The first-order valence-corrected chi connectivity index (χ1v) is 6.25. The van der Waals surface area contributed by atoms with Crippen molar-refractivity contribution in [3.63, 3.8) is 0 Å². The summed E-state index contributed by atoms with van der Waals surface area (Å²) in [6, 6.07) is 10.7. The predicted octanol–water partition coefficient (Wildman–Crippen LogP) is 1.72. The number of rotatable bonds is 5. The van der Waals surface area contributed by atoms with Crippen molar-refractivity contribution in [3.8, 4) is 0 Å². The third-order valence-corrected chi connectivity index (χ3v) is 3.10. The molecule has 1 atom stereocenters. The van der Waals surface area contributed by atoms with Crippen LogP contribution in [0.15, 0.2) is 35.3 Å². The van der Waals surface area contributed by atoms with Crippen LogP contribution in [0, 0.1) is 0 Å². The molecule has 0 spiro atoms. The Bertz CT molecular complexity index is 370. The van der Waals surface area contributed by atoms with Gasteiger partial charge < -0.3 is 10.2 Å². The van der Waals surface area contributed by atoms with E-state index in [4.69, 9.17) is 0 Å². The van der Waals surface area contributed by atoms with Gasteiger partial charge in [-0.25, -0.2) is 0 Å². The van der Waals surface area contributed by atoms with Gasteiger partial charge in [-0.1, -0.05) is 30.3 Å². The summed E-state index contributed by atoms with van der Waals surface area (Å²) < 4.78 is 0. The quantitative estimate of drug-likeness (QED) is 0.835. The predicted molar refractivity (Wildman–Crippen MR) is 72.7 cm³/mol. The van der Waals surface area contributed by atoms with E-state index in [2.05, 4.69) is 59.6 Å². The lowest BCUT2D eigenvalue weighted by atomic mass is 9.94. The molecule has 2 rings (SSSR count). The van der Waals surface area contributed by atoms with Crippen molar-refractivity contribution in [3.05, 3.63) is 35.9 Å². The summed E-state index contributed by atoms with van der Waals surface area (Å²) in [6.07, 6.45) is 1.11. The van der Waals surface area contributed by atoms with Crippen LogP contribution < -0.4 is 5.32 Å². The van der Waals surface area contributed by atoms with Crippen LogP contribution in [0.25, 0.3) is 0 Å². The maximum atomic E-state index is 4.58. The van der Waals surface area contributed by atoms with Gasteiger partial charge in [-0.3, -0.25) is 4.99 Å². The first kappa shape index (κ1) is 12.1. The van der Waals surface area contributed by atoms with Crippen LogP contribution in [0.1, 0.15) is 17.9 Å². The van der Waals surface area contributed by atoms with E-state index in [1.807, 2.05) is 0 Å². The fraction of sp³-hybridized carbons (Fsp3) is 0.500. The van der Waals surface area contributed by atoms with Crippen molar-refractivity contribution in [1.29, 1.82) is 0 Å². The van der Waals surface area contributed by atoms with Gasteiger partial charge in [0.1, 0.15) is 5.84 Å². The summed E-state index contributed by atoms with van der Waals surface area (Å²) in [5.74, 6) is 1.58.